The zero-order valence-corrected chi connectivity index (χ0v) is 15.9. The van der Waals surface area contributed by atoms with Crippen LogP contribution in [-0.2, 0) is 14.8 Å². The van der Waals surface area contributed by atoms with E-state index in [9.17, 15) is 13.2 Å². The first-order chi connectivity index (χ1) is 11.8. The summed E-state index contributed by atoms with van der Waals surface area (Å²) < 4.78 is 26.5. The number of carbonyl (C=O) groups is 1. The minimum Gasteiger partial charge on any atom is -0.325 e. The van der Waals surface area contributed by atoms with Crippen LogP contribution < -0.4 is 5.32 Å². The molecule has 1 aromatic carbocycles. The van der Waals surface area contributed by atoms with Gasteiger partial charge in [0.2, 0.25) is 5.91 Å². The van der Waals surface area contributed by atoms with Gasteiger partial charge in [-0.1, -0.05) is 38.1 Å². The standard InChI is InChI=1S/C18H22N2O3S2/c1-4-11-20(25(22,23)18-6-5-12-24-18)13-17(21)19-16-9-7-15(8-10-16)14(2)3/h4-10,12,14H,1,11,13H2,2-3H3,(H,19,21). The van der Waals surface area contributed by atoms with Gasteiger partial charge in [-0.2, -0.15) is 4.31 Å². The summed E-state index contributed by atoms with van der Waals surface area (Å²) in [6.07, 6.45) is 1.47. The van der Waals surface area contributed by atoms with Gasteiger partial charge >= 0.3 is 0 Å². The first-order valence-corrected chi connectivity index (χ1v) is 10.2. The van der Waals surface area contributed by atoms with Crippen LogP contribution in [0.1, 0.15) is 25.3 Å². The summed E-state index contributed by atoms with van der Waals surface area (Å²) in [5.41, 5.74) is 1.81. The minimum atomic E-state index is -3.71. The van der Waals surface area contributed by atoms with Crippen molar-refractivity contribution in [1.29, 1.82) is 0 Å². The number of anilines is 1. The molecule has 25 heavy (non-hydrogen) atoms. The molecule has 2 aromatic rings. The highest BCUT2D eigenvalue weighted by molar-refractivity contribution is 7.91. The smallest absolute Gasteiger partial charge is 0.253 e. The fourth-order valence-corrected chi connectivity index (χ4v) is 4.75. The summed E-state index contributed by atoms with van der Waals surface area (Å²) in [5.74, 6) is 0.0167. The van der Waals surface area contributed by atoms with Crippen LogP contribution in [0.5, 0.6) is 0 Å². The van der Waals surface area contributed by atoms with Crippen LogP contribution in [-0.4, -0.2) is 31.7 Å². The van der Waals surface area contributed by atoms with Crippen molar-refractivity contribution in [2.45, 2.75) is 24.0 Å². The number of thiophene rings is 1. The van der Waals surface area contributed by atoms with E-state index in [4.69, 9.17) is 0 Å². The first-order valence-electron chi connectivity index (χ1n) is 7.89. The molecule has 0 aliphatic rings. The van der Waals surface area contributed by atoms with Crippen LogP contribution in [0.3, 0.4) is 0 Å². The number of amides is 1. The summed E-state index contributed by atoms with van der Waals surface area (Å²) in [7, 11) is -3.71. The maximum Gasteiger partial charge on any atom is 0.253 e. The maximum absolute atomic E-state index is 12.6. The van der Waals surface area contributed by atoms with Gasteiger partial charge in [-0.15, -0.1) is 17.9 Å². The van der Waals surface area contributed by atoms with Gasteiger partial charge in [0, 0.05) is 12.2 Å². The zero-order chi connectivity index (χ0) is 18.4. The summed E-state index contributed by atoms with van der Waals surface area (Å²) in [6.45, 7) is 7.57. The molecule has 2 rings (SSSR count). The summed E-state index contributed by atoms with van der Waals surface area (Å²) in [5, 5.41) is 4.43. The van der Waals surface area contributed by atoms with E-state index < -0.39 is 10.0 Å². The van der Waals surface area contributed by atoms with E-state index in [0.717, 1.165) is 15.6 Å². The van der Waals surface area contributed by atoms with Crippen molar-refractivity contribution in [3.63, 3.8) is 0 Å². The van der Waals surface area contributed by atoms with E-state index in [0.29, 0.717) is 11.6 Å². The number of hydrogen-bond donors (Lipinski definition) is 1. The topological polar surface area (TPSA) is 66.5 Å². The molecule has 0 bridgehead atoms. The molecule has 1 amide bonds. The van der Waals surface area contributed by atoms with Crippen LogP contribution in [0, 0.1) is 0 Å². The number of sulfonamides is 1. The molecule has 0 atom stereocenters. The van der Waals surface area contributed by atoms with Crippen LogP contribution in [0.25, 0.3) is 0 Å². The molecule has 1 heterocycles. The molecule has 0 unspecified atom stereocenters. The van der Waals surface area contributed by atoms with Gasteiger partial charge in [-0.25, -0.2) is 8.42 Å². The normalized spacial score (nSPS) is 11.7. The van der Waals surface area contributed by atoms with E-state index >= 15 is 0 Å². The van der Waals surface area contributed by atoms with Crippen molar-refractivity contribution in [2.75, 3.05) is 18.4 Å². The Balaban J connectivity index is 2.09. The summed E-state index contributed by atoms with van der Waals surface area (Å²) >= 11 is 1.12. The van der Waals surface area contributed by atoms with Crippen LogP contribution >= 0.6 is 11.3 Å². The van der Waals surface area contributed by atoms with E-state index in [1.807, 2.05) is 24.3 Å². The Kier molecular flexibility index (Phi) is 6.52. The second-order valence-electron chi connectivity index (χ2n) is 5.84. The van der Waals surface area contributed by atoms with E-state index in [-0.39, 0.29) is 23.2 Å². The lowest BCUT2D eigenvalue weighted by Gasteiger charge is -2.19. The van der Waals surface area contributed by atoms with Crippen molar-refractivity contribution < 1.29 is 13.2 Å². The molecule has 0 aliphatic heterocycles. The molecule has 0 aliphatic carbocycles. The van der Waals surface area contributed by atoms with Crippen molar-refractivity contribution in [2.24, 2.45) is 0 Å². The van der Waals surface area contributed by atoms with E-state index in [2.05, 4.69) is 25.7 Å². The van der Waals surface area contributed by atoms with Crippen LogP contribution in [0.15, 0.2) is 58.6 Å². The predicted molar refractivity (Wildman–Crippen MR) is 102 cm³/mol. The molecule has 0 saturated heterocycles. The lowest BCUT2D eigenvalue weighted by Crippen LogP contribution is -2.37. The fraction of sp³-hybridized carbons (Fsp3) is 0.278. The average molecular weight is 379 g/mol. The molecule has 0 spiro atoms. The third kappa shape index (κ3) is 5.01. The average Bonchev–Trinajstić information content (AvgIpc) is 3.10. The molecule has 1 aromatic heterocycles. The lowest BCUT2D eigenvalue weighted by atomic mass is 10.0. The fourth-order valence-electron chi connectivity index (χ4n) is 2.24. The van der Waals surface area contributed by atoms with E-state index in [1.54, 1.807) is 11.4 Å². The molecule has 5 nitrogen and oxygen atoms in total. The Morgan fingerprint density at radius 2 is 1.96 bits per heavy atom. The van der Waals surface area contributed by atoms with Gasteiger partial charge in [0.15, 0.2) is 0 Å². The minimum absolute atomic E-state index is 0.0694. The predicted octanol–water partition coefficient (Wildman–Crippen LogP) is 3.69. The molecule has 0 saturated carbocycles. The first kappa shape index (κ1) is 19.4. The van der Waals surface area contributed by atoms with Crippen molar-refractivity contribution in [3.05, 3.63) is 60.0 Å². The number of rotatable bonds is 8. The van der Waals surface area contributed by atoms with Crippen molar-refractivity contribution >= 4 is 33.0 Å². The molecule has 134 valence electrons. The Labute approximate surface area is 153 Å². The van der Waals surface area contributed by atoms with Crippen molar-refractivity contribution in [1.82, 2.24) is 4.31 Å². The Hall–Kier alpha value is -1.96. The third-order valence-corrected chi connectivity index (χ3v) is 6.79. The van der Waals surface area contributed by atoms with Crippen LogP contribution in [0.4, 0.5) is 5.69 Å². The Bertz CT molecular complexity index is 811. The van der Waals surface area contributed by atoms with Crippen molar-refractivity contribution in [3.8, 4) is 0 Å². The largest absolute Gasteiger partial charge is 0.325 e. The molecular formula is C18H22N2O3S2. The van der Waals surface area contributed by atoms with Gasteiger partial charge in [0.1, 0.15) is 4.21 Å². The highest BCUT2D eigenvalue weighted by atomic mass is 32.2. The highest BCUT2D eigenvalue weighted by Crippen LogP contribution is 2.21. The zero-order valence-electron chi connectivity index (χ0n) is 14.3. The molecule has 1 N–H and O–H groups in total. The number of carbonyl (C=O) groups excluding carboxylic acids is 1. The molecular weight excluding hydrogens is 356 g/mol. The van der Waals surface area contributed by atoms with Crippen LogP contribution in [0.2, 0.25) is 0 Å². The number of nitrogens with zero attached hydrogens (tertiary/aromatic N) is 1. The Morgan fingerprint density at radius 3 is 2.48 bits per heavy atom. The second-order valence-corrected chi connectivity index (χ2v) is 8.96. The summed E-state index contributed by atoms with van der Waals surface area (Å²) in [4.78, 5) is 12.3. The van der Waals surface area contributed by atoms with E-state index in [1.165, 1.54) is 17.7 Å². The molecule has 0 fully saturated rings. The summed E-state index contributed by atoms with van der Waals surface area (Å²) in [6, 6.07) is 10.7. The van der Waals surface area contributed by atoms with Gasteiger partial charge in [-0.05, 0) is 35.1 Å². The molecule has 7 heteroatoms. The molecule has 0 radical (unpaired) electrons. The SMILES string of the molecule is C=CCN(CC(=O)Nc1ccc(C(C)C)cc1)S(=O)(=O)c1cccs1. The number of hydrogen-bond acceptors (Lipinski definition) is 4. The Morgan fingerprint density at radius 1 is 1.28 bits per heavy atom. The van der Waals surface area contributed by atoms with Gasteiger partial charge < -0.3 is 5.32 Å². The van der Waals surface area contributed by atoms with Gasteiger partial charge in [0.25, 0.3) is 10.0 Å². The number of nitrogens with one attached hydrogen (secondary N) is 1. The quantitative estimate of drug-likeness (QED) is 0.713. The highest BCUT2D eigenvalue weighted by Gasteiger charge is 2.26. The second kappa shape index (κ2) is 8.42. The maximum atomic E-state index is 12.6. The number of benzene rings is 1. The lowest BCUT2D eigenvalue weighted by molar-refractivity contribution is -0.116. The monoisotopic (exact) mass is 378 g/mol. The van der Waals surface area contributed by atoms with Gasteiger partial charge in [-0.3, -0.25) is 4.79 Å². The third-order valence-electron chi connectivity index (χ3n) is 3.60. The van der Waals surface area contributed by atoms with Gasteiger partial charge in [0.05, 0.1) is 6.54 Å².